The lowest BCUT2D eigenvalue weighted by molar-refractivity contribution is -0.107. The van der Waals surface area contributed by atoms with Crippen molar-refractivity contribution in [1.82, 2.24) is 0 Å². The summed E-state index contributed by atoms with van der Waals surface area (Å²) in [5.41, 5.74) is 0. The molecule has 0 radical (unpaired) electrons. The number of unbranched alkanes of at least 4 members (excludes halogenated alkanes) is 2. The molecule has 66 valence electrons. The normalized spacial score (nSPS) is 9.91. The Kier molecular flexibility index (Phi) is 10.7. The van der Waals surface area contributed by atoms with E-state index in [9.17, 15) is 4.79 Å². The van der Waals surface area contributed by atoms with Gasteiger partial charge in [0.25, 0.3) is 0 Å². The second-order valence-electron chi connectivity index (χ2n) is 2.31. The summed E-state index contributed by atoms with van der Waals surface area (Å²) in [6.45, 7) is 2.21. The van der Waals surface area contributed by atoms with Crippen LogP contribution in [0.1, 0.15) is 32.6 Å². The minimum atomic E-state index is 0.700. The summed E-state index contributed by atoms with van der Waals surface area (Å²) in [7, 11) is 3.70. The first-order valence-electron chi connectivity index (χ1n) is 4.10. The van der Waals surface area contributed by atoms with Gasteiger partial charge in [-0.2, -0.15) is 0 Å². The van der Waals surface area contributed by atoms with Crippen LogP contribution in [0.2, 0.25) is 0 Å². The van der Waals surface area contributed by atoms with Gasteiger partial charge in [0.1, 0.15) is 6.29 Å². The monoisotopic (exact) mass is 192 g/mol. The Morgan fingerprint density at radius 3 is 2.55 bits per heavy atom. The van der Waals surface area contributed by atoms with E-state index in [1.807, 2.05) is 21.6 Å². The Hall–Kier alpha value is 0.370. The Morgan fingerprint density at radius 1 is 1.18 bits per heavy atom. The lowest BCUT2D eigenvalue weighted by Gasteiger charge is -1.97. The van der Waals surface area contributed by atoms with Gasteiger partial charge in [0, 0.05) is 17.9 Å². The fourth-order valence-corrected chi connectivity index (χ4v) is 2.72. The van der Waals surface area contributed by atoms with E-state index in [0.717, 1.165) is 12.0 Å². The number of aldehydes is 1. The SMILES string of the molecule is CCCCCSSCCC=O. The van der Waals surface area contributed by atoms with Crippen molar-refractivity contribution < 1.29 is 4.79 Å². The van der Waals surface area contributed by atoms with Crippen LogP contribution in [0.4, 0.5) is 0 Å². The van der Waals surface area contributed by atoms with Crippen molar-refractivity contribution >= 4 is 27.9 Å². The summed E-state index contributed by atoms with van der Waals surface area (Å²) in [4.78, 5) is 9.92. The molecule has 0 atom stereocenters. The molecule has 11 heavy (non-hydrogen) atoms. The number of carbonyl (C=O) groups excluding carboxylic acids is 1. The highest BCUT2D eigenvalue weighted by Crippen LogP contribution is 2.22. The minimum absolute atomic E-state index is 0.700. The van der Waals surface area contributed by atoms with Gasteiger partial charge >= 0.3 is 0 Å². The van der Waals surface area contributed by atoms with Crippen LogP contribution in [0.5, 0.6) is 0 Å². The third-order valence-electron chi connectivity index (χ3n) is 1.23. The molecule has 0 bridgehead atoms. The highest BCUT2D eigenvalue weighted by atomic mass is 33.1. The molecular weight excluding hydrogens is 176 g/mol. The Balaban J connectivity index is 2.74. The molecule has 3 heteroatoms. The molecular formula is C8H16OS2. The van der Waals surface area contributed by atoms with E-state index in [-0.39, 0.29) is 0 Å². The lowest BCUT2D eigenvalue weighted by Crippen LogP contribution is -1.79. The summed E-state index contributed by atoms with van der Waals surface area (Å²) >= 11 is 0. The summed E-state index contributed by atoms with van der Waals surface area (Å²) < 4.78 is 0. The highest BCUT2D eigenvalue weighted by molar-refractivity contribution is 8.76. The van der Waals surface area contributed by atoms with Crippen molar-refractivity contribution in [3.63, 3.8) is 0 Å². The van der Waals surface area contributed by atoms with Gasteiger partial charge in [0.2, 0.25) is 0 Å². The molecule has 0 spiro atoms. The summed E-state index contributed by atoms with van der Waals surface area (Å²) in [5.74, 6) is 2.21. The van der Waals surface area contributed by atoms with Crippen LogP contribution in [-0.4, -0.2) is 17.8 Å². The van der Waals surface area contributed by atoms with E-state index in [1.165, 1.54) is 25.0 Å². The molecule has 1 nitrogen and oxygen atoms in total. The van der Waals surface area contributed by atoms with Gasteiger partial charge in [0.05, 0.1) is 0 Å². The molecule has 0 N–H and O–H groups in total. The average Bonchev–Trinajstić information content (AvgIpc) is 2.03. The lowest BCUT2D eigenvalue weighted by atomic mass is 10.3. The van der Waals surface area contributed by atoms with Crippen LogP contribution >= 0.6 is 21.6 Å². The zero-order chi connectivity index (χ0) is 8.36. The highest BCUT2D eigenvalue weighted by Gasteiger charge is 1.89. The molecule has 0 aliphatic carbocycles. The second kappa shape index (κ2) is 10.4. The van der Waals surface area contributed by atoms with Gasteiger partial charge in [-0.25, -0.2) is 0 Å². The van der Waals surface area contributed by atoms with Crippen molar-refractivity contribution in [2.24, 2.45) is 0 Å². The molecule has 0 aromatic carbocycles. The van der Waals surface area contributed by atoms with E-state index in [2.05, 4.69) is 6.92 Å². The molecule has 0 aliphatic rings. The predicted octanol–water partition coefficient (Wildman–Crippen LogP) is 3.15. The largest absolute Gasteiger partial charge is 0.303 e. The van der Waals surface area contributed by atoms with Crippen LogP contribution < -0.4 is 0 Å². The van der Waals surface area contributed by atoms with Gasteiger partial charge in [-0.1, -0.05) is 41.4 Å². The quantitative estimate of drug-likeness (QED) is 0.334. The Labute approximate surface area is 77.1 Å². The zero-order valence-electron chi connectivity index (χ0n) is 7.04. The molecule has 0 aliphatic heterocycles. The van der Waals surface area contributed by atoms with Gasteiger partial charge in [-0.3, -0.25) is 0 Å². The first kappa shape index (κ1) is 11.4. The molecule has 0 heterocycles. The van der Waals surface area contributed by atoms with Gasteiger partial charge in [0.15, 0.2) is 0 Å². The smallest absolute Gasteiger partial charge is 0.120 e. The summed E-state index contributed by atoms with van der Waals surface area (Å²) in [5, 5.41) is 0. The van der Waals surface area contributed by atoms with Crippen LogP contribution in [0.15, 0.2) is 0 Å². The first-order valence-corrected chi connectivity index (χ1v) is 6.58. The van der Waals surface area contributed by atoms with Gasteiger partial charge in [-0.05, 0) is 6.42 Å². The molecule has 0 unspecified atom stereocenters. The Morgan fingerprint density at radius 2 is 1.91 bits per heavy atom. The van der Waals surface area contributed by atoms with Crippen LogP contribution in [0.3, 0.4) is 0 Å². The number of hydrogen-bond acceptors (Lipinski definition) is 3. The maximum Gasteiger partial charge on any atom is 0.120 e. The van der Waals surface area contributed by atoms with E-state index in [0.29, 0.717) is 6.42 Å². The van der Waals surface area contributed by atoms with Crippen LogP contribution in [0, 0.1) is 0 Å². The maximum atomic E-state index is 9.92. The average molecular weight is 192 g/mol. The van der Waals surface area contributed by atoms with Crippen molar-refractivity contribution in [3.05, 3.63) is 0 Å². The molecule has 0 saturated carbocycles. The van der Waals surface area contributed by atoms with Crippen LogP contribution in [0.25, 0.3) is 0 Å². The van der Waals surface area contributed by atoms with E-state index < -0.39 is 0 Å². The second-order valence-corrected chi connectivity index (χ2v) is 5.01. The predicted molar refractivity (Wildman–Crippen MR) is 55.1 cm³/mol. The van der Waals surface area contributed by atoms with Crippen molar-refractivity contribution in [2.45, 2.75) is 32.6 Å². The number of rotatable bonds is 8. The van der Waals surface area contributed by atoms with E-state index in [1.54, 1.807) is 0 Å². The van der Waals surface area contributed by atoms with Crippen molar-refractivity contribution in [1.29, 1.82) is 0 Å². The fourth-order valence-electron chi connectivity index (χ4n) is 0.625. The summed E-state index contributed by atoms with van der Waals surface area (Å²) in [6.07, 6.45) is 5.63. The minimum Gasteiger partial charge on any atom is -0.303 e. The molecule has 0 aromatic rings. The Bertz CT molecular complexity index is 86.2. The number of carbonyl (C=O) groups is 1. The number of hydrogen-bond donors (Lipinski definition) is 0. The third kappa shape index (κ3) is 10.4. The molecule has 0 saturated heterocycles. The fraction of sp³-hybridized carbons (Fsp3) is 0.875. The van der Waals surface area contributed by atoms with Crippen LogP contribution in [-0.2, 0) is 4.79 Å². The standard InChI is InChI=1S/C8H16OS2/c1-2-3-4-7-10-11-8-5-6-9/h6H,2-5,7-8H2,1H3. The first-order chi connectivity index (χ1) is 5.41. The van der Waals surface area contributed by atoms with E-state index in [4.69, 9.17) is 0 Å². The third-order valence-corrected chi connectivity index (χ3v) is 3.76. The maximum absolute atomic E-state index is 9.92. The van der Waals surface area contributed by atoms with Gasteiger partial charge in [-0.15, -0.1) is 0 Å². The molecule has 0 rings (SSSR count). The molecule has 0 amide bonds. The molecule has 0 aromatic heterocycles. The topological polar surface area (TPSA) is 17.1 Å². The van der Waals surface area contributed by atoms with Crippen molar-refractivity contribution in [3.8, 4) is 0 Å². The van der Waals surface area contributed by atoms with E-state index >= 15 is 0 Å². The zero-order valence-corrected chi connectivity index (χ0v) is 8.68. The molecule has 0 fully saturated rings. The van der Waals surface area contributed by atoms with Crippen molar-refractivity contribution in [2.75, 3.05) is 11.5 Å². The van der Waals surface area contributed by atoms with Gasteiger partial charge < -0.3 is 4.79 Å². The summed E-state index contributed by atoms with van der Waals surface area (Å²) in [6, 6.07) is 0.